The number of carbonyl (C=O) groups excluding carboxylic acids is 2. The highest BCUT2D eigenvalue weighted by Crippen LogP contribution is 2.55. The van der Waals surface area contributed by atoms with Gasteiger partial charge in [-0.1, -0.05) is 55.8 Å². The number of Topliss-reactive ketones (excluding diaryl/α,β-unsaturated/α-hetero) is 1. The molecule has 0 aromatic heterocycles. The highest BCUT2D eigenvalue weighted by Gasteiger charge is 2.60. The summed E-state index contributed by atoms with van der Waals surface area (Å²) in [5.74, 6) is -0.0881. The quantitative estimate of drug-likeness (QED) is 0.593. The van der Waals surface area contributed by atoms with Crippen molar-refractivity contribution in [2.75, 3.05) is 0 Å². The third kappa shape index (κ3) is 3.24. The SMILES string of the molecule is CCc1cc(-c2ccc(C)cc2)cc(CC)c1C1=C(OC(C)=O)[C@@H]2C3CCC(O3)[C@@H]2C1=O. The van der Waals surface area contributed by atoms with E-state index < -0.39 is 0 Å². The lowest BCUT2D eigenvalue weighted by Crippen LogP contribution is -2.29. The molecular weight excluding hydrogens is 400 g/mol. The molecule has 2 aromatic carbocycles. The van der Waals surface area contributed by atoms with E-state index >= 15 is 0 Å². The van der Waals surface area contributed by atoms with E-state index in [1.807, 2.05) is 0 Å². The Labute approximate surface area is 189 Å². The number of esters is 1. The summed E-state index contributed by atoms with van der Waals surface area (Å²) < 4.78 is 11.8. The zero-order valence-electron chi connectivity index (χ0n) is 19.2. The third-order valence-electron chi connectivity index (χ3n) is 7.32. The summed E-state index contributed by atoms with van der Waals surface area (Å²) in [4.78, 5) is 25.8. The molecule has 4 nitrogen and oxygen atoms in total. The van der Waals surface area contributed by atoms with E-state index in [-0.39, 0.29) is 35.8 Å². The molecule has 0 radical (unpaired) electrons. The Morgan fingerprint density at radius 2 is 1.56 bits per heavy atom. The van der Waals surface area contributed by atoms with Gasteiger partial charge >= 0.3 is 5.97 Å². The number of fused-ring (bicyclic) bond motifs is 5. The van der Waals surface area contributed by atoms with Crippen LogP contribution in [0.15, 0.2) is 42.2 Å². The molecule has 1 aliphatic carbocycles. The van der Waals surface area contributed by atoms with Crippen LogP contribution >= 0.6 is 0 Å². The van der Waals surface area contributed by atoms with Gasteiger partial charge in [-0.2, -0.15) is 0 Å². The minimum atomic E-state index is -0.374. The van der Waals surface area contributed by atoms with Crippen molar-refractivity contribution >= 4 is 17.3 Å². The largest absolute Gasteiger partial charge is 0.430 e. The molecule has 2 bridgehead atoms. The van der Waals surface area contributed by atoms with E-state index in [9.17, 15) is 9.59 Å². The molecule has 2 heterocycles. The Bertz CT molecular complexity index is 1100. The van der Waals surface area contributed by atoms with Gasteiger partial charge in [0.25, 0.3) is 0 Å². The van der Waals surface area contributed by atoms with E-state index in [1.165, 1.54) is 18.1 Å². The van der Waals surface area contributed by atoms with Crippen molar-refractivity contribution < 1.29 is 19.1 Å². The van der Waals surface area contributed by atoms with Gasteiger partial charge in [-0.3, -0.25) is 9.59 Å². The highest BCUT2D eigenvalue weighted by atomic mass is 16.5. The van der Waals surface area contributed by atoms with Crippen LogP contribution in [-0.4, -0.2) is 24.0 Å². The molecule has 0 N–H and O–H groups in total. The molecule has 32 heavy (non-hydrogen) atoms. The normalized spacial score (nSPS) is 26.1. The summed E-state index contributed by atoms with van der Waals surface area (Å²) in [6, 6.07) is 12.9. The van der Waals surface area contributed by atoms with Crippen LogP contribution in [0, 0.1) is 18.8 Å². The van der Waals surface area contributed by atoms with Crippen LogP contribution in [0.25, 0.3) is 16.7 Å². The molecule has 4 heteroatoms. The number of benzene rings is 2. The number of allylic oxidation sites excluding steroid dienone is 1. The molecule has 0 amide bonds. The fourth-order valence-corrected chi connectivity index (χ4v) is 5.88. The van der Waals surface area contributed by atoms with Crippen LogP contribution in [0.1, 0.15) is 55.9 Å². The van der Waals surface area contributed by atoms with Crippen LogP contribution in [0.3, 0.4) is 0 Å². The Kier molecular flexibility index (Phi) is 5.29. The van der Waals surface area contributed by atoms with Crippen LogP contribution in [0.5, 0.6) is 0 Å². The summed E-state index contributed by atoms with van der Waals surface area (Å²) in [7, 11) is 0. The van der Waals surface area contributed by atoms with E-state index in [0.29, 0.717) is 11.3 Å². The number of ether oxygens (including phenoxy) is 2. The van der Waals surface area contributed by atoms with Gasteiger partial charge in [0.15, 0.2) is 5.78 Å². The summed E-state index contributed by atoms with van der Waals surface area (Å²) in [5.41, 5.74) is 7.41. The number of ketones is 1. The minimum absolute atomic E-state index is 0.0252. The van der Waals surface area contributed by atoms with Gasteiger partial charge in [0, 0.05) is 6.92 Å². The van der Waals surface area contributed by atoms with Crippen molar-refractivity contribution in [2.45, 2.75) is 65.6 Å². The molecule has 2 saturated heterocycles. The molecular formula is C28H30O4. The first-order chi connectivity index (χ1) is 15.4. The zero-order chi connectivity index (χ0) is 22.6. The van der Waals surface area contributed by atoms with Gasteiger partial charge in [-0.05, 0) is 60.4 Å². The molecule has 2 aromatic rings. The predicted molar refractivity (Wildman–Crippen MR) is 124 cm³/mol. The maximum atomic E-state index is 13.8. The summed E-state index contributed by atoms with van der Waals surface area (Å²) in [5, 5.41) is 0. The van der Waals surface area contributed by atoms with Crippen LogP contribution < -0.4 is 0 Å². The maximum Gasteiger partial charge on any atom is 0.307 e. The fraction of sp³-hybridized carbons (Fsp3) is 0.429. The molecule has 0 spiro atoms. The van der Waals surface area contributed by atoms with Crippen LogP contribution in [0.2, 0.25) is 0 Å². The topological polar surface area (TPSA) is 52.6 Å². The minimum Gasteiger partial charge on any atom is -0.430 e. The number of aryl methyl sites for hydroxylation is 3. The number of rotatable bonds is 5. The monoisotopic (exact) mass is 430 g/mol. The number of hydrogen-bond donors (Lipinski definition) is 0. The van der Waals surface area contributed by atoms with Crippen molar-refractivity contribution in [2.24, 2.45) is 11.8 Å². The molecule has 4 atom stereocenters. The van der Waals surface area contributed by atoms with E-state index in [0.717, 1.165) is 47.9 Å². The summed E-state index contributed by atoms with van der Waals surface area (Å²) in [6.45, 7) is 7.75. The summed E-state index contributed by atoms with van der Waals surface area (Å²) in [6.07, 6.45) is 3.34. The van der Waals surface area contributed by atoms with Gasteiger partial charge in [0.1, 0.15) is 5.76 Å². The Morgan fingerprint density at radius 1 is 0.969 bits per heavy atom. The summed E-state index contributed by atoms with van der Waals surface area (Å²) >= 11 is 0. The first-order valence-corrected chi connectivity index (χ1v) is 11.8. The smallest absolute Gasteiger partial charge is 0.307 e. The predicted octanol–water partition coefficient (Wildman–Crippen LogP) is 5.44. The van der Waals surface area contributed by atoms with Crippen molar-refractivity contribution in [3.63, 3.8) is 0 Å². The highest BCUT2D eigenvalue weighted by molar-refractivity contribution is 6.26. The standard InChI is InChI=1S/C28H30O4/c1-5-17-13-20(19-9-7-15(3)8-10-19)14-18(6-2)23(17)26-27(30)24-21-11-12-22(32-21)25(24)28(26)31-16(4)29/h7-10,13-14,21-22,24-25H,5-6,11-12H2,1-4H3/t21?,22?,24-,25+/m0/s1. The van der Waals surface area contributed by atoms with E-state index in [4.69, 9.17) is 9.47 Å². The Morgan fingerprint density at radius 3 is 2.12 bits per heavy atom. The van der Waals surface area contributed by atoms with E-state index in [1.54, 1.807) is 0 Å². The lowest BCUT2D eigenvalue weighted by Gasteiger charge is -2.21. The fourth-order valence-electron chi connectivity index (χ4n) is 5.88. The van der Waals surface area contributed by atoms with Gasteiger partial charge in [0.05, 0.1) is 29.6 Å². The molecule has 2 fully saturated rings. The first-order valence-electron chi connectivity index (χ1n) is 11.8. The van der Waals surface area contributed by atoms with Gasteiger partial charge in [-0.15, -0.1) is 0 Å². The van der Waals surface area contributed by atoms with Crippen molar-refractivity contribution in [1.82, 2.24) is 0 Å². The van der Waals surface area contributed by atoms with Crippen molar-refractivity contribution in [3.8, 4) is 11.1 Å². The first kappa shape index (κ1) is 21.1. The van der Waals surface area contributed by atoms with E-state index in [2.05, 4.69) is 57.2 Å². The van der Waals surface area contributed by atoms with Gasteiger partial charge in [-0.25, -0.2) is 0 Å². The zero-order valence-corrected chi connectivity index (χ0v) is 19.2. The van der Waals surface area contributed by atoms with Crippen LogP contribution in [0.4, 0.5) is 0 Å². The molecule has 2 aliphatic heterocycles. The van der Waals surface area contributed by atoms with Crippen molar-refractivity contribution in [3.05, 3.63) is 64.4 Å². The second-order valence-corrected chi connectivity index (χ2v) is 9.28. The maximum absolute atomic E-state index is 13.8. The number of carbonyl (C=O) groups is 2. The molecule has 3 aliphatic rings. The Hall–Kier alpha value is -2.72. The lowest BCUT2D eigenvalue weighted by atomic mass is 9.80. The third-order valence-corrected chi connectivity index (χ3v) is 7.32. The Balaban J connectivity index is 1.70. The van der Waals surface area contributed by atoms with Crippen molar-refractivity contribution in [1.29, 1.82) is 0 Å². The second-order valence-electron chi connectivity index (χ2n) is 9.28. The number of hydrogen-bond acceptors (Lipinski definition) is 4. The molecule has 0 saturated carbocycles. The lowest BCUT2D eigenvalue weighted by molar-refractivity contribution is -0.138. The molecule has 166 valence electrons. The average Bonchev–Trinajstić information content (AvgIpc) is 3.47. The molecule has 5 rings (SSSR count). The molecule has 2 unspecified atom stereocenters. The van der Waals surface area contributed by atoms with Gasteiger partial charge < -0.3 is 9.47 Å². The average molecular weight is 431 g/mol. The second kappa shape index (κ2) is 8.00. The van der Waals surface area contributed by atoms with Crippen LogP contribution in [-0.2, 0) is 31.9 Å². The van der Waals surface area contributed by atoms with Gasteiger partial charge in [0.2, 0.25) is 0 Å².